The van der Waals surface area contributed by atoms with Gasteiger partial charge in [-0.2, -0.15) is 0 Å². The lowest BCUT2D eigenvalue weighted by Crippen LogP contribution is -2.25. The highest BCUT2D eigenvalue weighted by Crippen LogP contribution is 2.27. The van der Waals surface area contributed by atoms with Crippen LogP contribution in [0.15, 0.2) is 36.4 Å². The fraction of sp³-hybridized carbons (Fsp3) is 0.400. The SMILES string of the molecule is CCNC(Cc1c(C)cccc1C)c1c(C)cccc1C. The van der Waals surface area contributed by atoms with E-state index in [-0.39, 0.29) is 0 Å². The molecule has 0 saturated heterocycles. The van der Waals surface area contributed by atoms with Gasteiger partial charge in [-0.15, -0.1) is 0 Å². The van der Waals surface area contributed by atoms with Crippen molar-refractivity contribution in [3.05, 3.63) is 69.8 Å². The Bertz CT molecular complexity index is 573. The van der Waals surface area contributed by atoms with Gasteiger partial charge in [-0.1, -0.05) is 43.3 Å². The Kier molecular flexibility index (Phi) is 5.19. The summed E-state index contributed by atoms with van der Waals surface area (Å²) in [6, 6.07) is 13.6. The summed E-state index contributed by atoms with van der Waals surface area (Å²) in [6.45, 7) is 12.1. The van der Waals surface area contributed by atoms with E-state index in [9.17, 15) is 0 Å². The van der Waals surface area contributed by atoms with Crippen LogP contribution in [0.5, 0.6) is 0 Å². The van der Waals surface area contributed by atoms with Gasteiger partial charge >= 0.3 is 0 Å². The highest BCUT2D eigenvalue weighted by molar-refractivity contribution is 5.40. The zero-order valence-corrected chi connectivity index (χ0v) is 14.0. The first-order chi connectivity index (χ1) is 10.0. The van der Waals surface area contributed by atoms with E-state index in [1.807, 2.05) is 0 Å². The molecule has 1 unspecified atom stereocenters. The zero-order chi connectivity index (χ0) is 15.4. The quantitative estimate of drug-likeness (QED) is 0.829. The van der Waals surface area contributed by atoms with Crippen LogP contribution in [0.2, 0.25) is 0 Å². The molecule has 1 atom stereocenters. The van der Waals surface area contributed by atoms with E-state index in [1.54, 1.807) is 0 Å². The molecule has 2 rings (SSSR count). The minimum atomic E-state index is 0.385. The van der Waals surface area contributed by atoms with Crippen molar-refractivity contribution in [3.8, 4) is 0 Å². The van der Waals surface area contributed by atoms with Crippen LogP contribution in [0.3, 0.4) is 0 Å². The summed E-state index contributed by atoms with van der Waals surface area (Å²) in [7, 11) is 0. The molecule has 1 N–H and O–H groups in total. The highest BCUT2D eigenvalue weighted by atomic mass is 14.9. The lowest BCUT2D eigenvalue weighted by molar-refractivity contribution is 0.543. The van der Waals surface area contributed by atoms with Gasteiger partial charge < -0.3 is 5.32 Å². The van der Waals surface area contributed by atoms with Crippen molar-refractivity contribution in [3.63, 3.8) is 0 Å². The molecule has 112 valence electrons. The second-order valence-corrected chi connectivity index (χ2v) is 5.99. The van der Waals surface area contributed by atoms with Gasteiger partial charge in [-0.05, 0) is 74.0 Å². The summed E-state index contributed by atoms with van der Waals surface area (Å²) in [4.78, 5) is 0. The number of benzene rings is 2. The second-order valence-electron chi connectivity index (χ2n) is 5.99. The molecule has 1 nitrogen and oxygen atoms in total. The number of hydrogen-bond donors (Lipinski definition) is 1. The van der Waals surface area contributed by atoms with E-state index in [0.717, 1.165) is 13.0 Å². The first-order valence-electron chi connectivity index (χ1n) is 7.89. The van der Waals surface area contributed by atoms with Gasteiger partial charge in [0.05, 0.1) is 0 Å². The smallest absolute Gasteiger partial charge is 0.0366 e. The van der Waals surface area contributed by atoms with Crippen molar-refractivity contribution in [1.82, 2.24) is 5.32 Å². The zero-order valence-electron chi connectivity index (χ0n) is 14.0. The molecule has 2 aromatic carbocycles. The normalized spacial score (nSPS) is 12.4. The summed E-state index contributed by atoms with van der Waals surface area (Å²) in [6.07, 6.45) is 1.05. The lowest BCUT2D eigenvalue weighted by Gasteiger charge is -2.24. The van der Waals surface area contributed by atoms with Crippen LogP contribution >= 0.6 is 0 Å². The van der Waals surface area contributed by atoms with E-state index in [0.29, 0.717) is 6.04 Å². The highest BCUT2D eigenvalue weighted by Gasteiger charge is 2.17. The van der Waals surface area contributed by atoms with Crippen LogP contribution in [0.25, 0.3) is 0 Å². The number of aryl methyl sites for hydroxylation is 4. The Morgan fingerprint density at radius 2 is 1.29 bits per heavy atom. The summed E-state index contributed by atoms with van der Waals surface area (Å²) < 4.78 is 0. The third-order valence-corrected chi connectivity index (χ3v) is 4.39. The molecule has 0 aliphatic rings. The Morgan fingerprint density at radius 3 is 1.76 bits per heavy atom. The van der Waals surface area contributed by atoms with E-state index in [4.69, 9.17) is 0 Å². The van der Waals surface area contributed by atoms with Gasteiger partial charge in [-0.25, -0.2) is 0 Å². The topological polar surface area (TPSA) is 12.0 Å². The maximum atomic E-state index is 3.68. The number of hydrogen-bond acceptors (Lipinski definition) is 1. The second kappa shape index (κ2) is 6.91. The maximum Gasteiger partial charge on any atom is 0.0366 e. The molecule has 0 spiro atoms. The lowest BCUT2D eigenvalue weighted by atomic mass is 9.89. The van der Waals surface area contributed by atoms with Gasteiger partial charge in [0.25, 0.3) is 0 Å². The minimum Gasteiger partial charge on any atom is -0.310 e. The molecule has 0 aromatic heterocycles. The third-order valence-electron chi connectivity index (χ3n) is 4.39. The van der Waals surface area contributed by atoms with Crippen LogP contribution in [-0.2, 0) is 6.42 Å². The molecule has 0 aliphatic carbocycles. The Labute approximate surface area is 129 Å². The van der Waals surface area contributed by atoms with Gasteiger partial charge in [0.15, 0.2) is 0 Å². The molecule has 0 fully saturated rings. The van der Waals surface area contributed by atoms with Crippen molar-refractivity contribution < 1.29 is 0 Å². The first-order valence-corrected chi connectivity index (χ1v) is 7.89. The molecule has 0 aliphatic heterocycles. The van der Waals surface area contributed by atoms with Crippen molar-refractivity contribution in [2.45, 2.75) is 47.1 Å². The third kappa shape index (κ3) is 3.54. The fourth-order valence-electron chi connectivity index (χ4n) is 3.27. The fourth-order valence-corrected chi connectivity index (χ4v) is 3.27. The summed E-state index contributed by atoms with van der Waals surface area (Å²) in [5, 5.41) is 3.68. The number of nitrogens with one attached hydrogen (secondary N) is 1. The van der Waals surface area contributed by atoms with Gasteiger partial charge in [0.2, 0.25) is 0 Å². The van der Waals surface area contributed by atoms with E-state index in [2.05, 4.69) is 76.3 Å². The summed E-state index contributed by atoms with van der Waals surface area (Å²) >= 11 is 0. The first kappa shape index (κ1) is 15.8. The average Bonchev–Trinajstić information content (AvgIpc) is 2.42. The molecule has 2 aromatic rings. The van der Waals surface area contributed by atoms with E-state index < -0.39 is 0 Å². The van der Waals surface area contributed by atoms with Crippen LogP contribution in [0.1, 0.15) is 46.3 Å². The Hall–Kier alpha value is -1.60. The minimum absolute atomic E-state index is 0.385. The van der Waals surface area contributed by atoms with Crippen LogP contribution in [-0.4, -0.2) is 6.54 Å². The Morgan fingerprint density at radius 1 is 0.810 bits per heavy atom. The monoisotopic (exact) mass is 281 g/mol. The van der Waals surface area contributed by atoms with Crippen molar-refractivity contribution in [2.24, 2.45) is 0 Å². The molecule has 0 bridgehead atoms. The number of rotatable bonds is 5. The van der Waals surface area contributed by atoms with E-state index in [1.165, 1.54) is 33.4 Å². The predicted octanol–water partition coefficient (Wildman–Crippen LogP) is 4.81. The molecule has 0 radical (unpaired) electrons. The van der Waals surface area contributed by atoms with Crippen LogP contribution in [0.4, 0.5) is 0 Å². The average molecular weight is 281 g/mol. The van der Waals surface area contributed by atoms with Crippen LogP contribution < -0.4 is 5.32 Å². The predicted molar refractivity (Wildman–Crippen MR) is 92.0 cm³/mol. The molecule has 0 saturated carbocycles. The van der Waals surface area contributed by atoms with Gasteiger partial charge in [-0.3, -0.25) is 0 Å². The Balaban J connectivity index is 2.41. The van der Waals surface area contributed by atoms with Gasteiger partial charge in [0, 0.05) is 6.04 Å². The van der Waals surface area contributed by atoms with Crippen molar-refractivity contribution >= 4 is 0 Å². The van der Waals surface area contributed by atoms with Crippen LogP contribution in [0, 0.1) is 27.7 Å². The molecule has 0 heterocycles. The standard InChI is InChI=1S/C20H27N/c1-6-21-19(20-16(4)11-8-12-17(20)5)13-18-14(2)9-7-10-15(18)3/h7-12,19,21H,6,13H2,1-5H3. The van der Waals surface area contributed by atoms with Crippen molar-refractivity contribution in [1.29, 1.82) is 0 Å². The molecule has 1 heteroatoms. The van der Waals surface area contributed by atoms with E-state index >= 15 is 0 Å². The number of likely N-dealkylation sites (N-methyl/N-ethyl adjacent to an activating group) is 1. The molecular weight excluding hydrogens is 254 g/mol. The molecule has 21 heavy (non-hydrogen) atoms. The van der Waals surface area contributed by atoms with Crippen molar-refractivity contribution in [2.75, 3.05) is 6.54 Å². The van der Waals surface area contributed by atoms with Gasteiger partial charge in [0.1, 0.15) is 0 Å². The molecular formula is C20H27N. The maximum absolute atomic E-state index is 3.68. The molecule has 0 amide bonds. The largest absolute Gasteiger partial charge is 0.310 e. The summed E-state index contributed by atoms with van der Waals surface area (Å²) in [5.41, 5.74) is 8.49. The summed E-state index contributed by atoms with van der Waals surface area (Å²) in [5.74, 6) is 0.